The molecule has 18 heavy (non-hydrogen) atoms. The Balaban J connectivity index is 2.03. The lowest BCUT2D eigenvalue weighted by molar-refractivity contribution is 0.607. The minimum atomic E-state index is -0.259. The van der Waals surface area contributed by atoms with E-state index in [1.165, 1.54) is 12.1 Å². The molecule has 1 aromatic heterocycles. The largest absolute Gasteiger partial charge is 0.324 e. The summed E-state index contributed by atoms with van der Waals surface area (Å²) in [7, 11) is 1.88. The van der Waals surface area contributed by atoms with Gasteiger partial charge in [0.1, 0.15) is 5.82 Å². The van der Waals surface area contributed by atoms with Gasteiger partial charge in [-0.3, -0.25) is 4.68 Å². The molecule has 0 fully saturated rings. The number of rotatable bonds is 4. The molecule has 0 bridgehead atoms. The first-order valence-corrected chi connectivity index (χ1v) is 6.53. The van der Waals surface area contributed by atoms with Crippen LogP contribution in [0, 0.1) is 5.82 Å². The molecule has 0 saturated carbocycles. The molecule has 3 nitrogen and oxygen atoms in total. The molecule has 1 atom stereocenters. The molecule has 2 rings (SSSR count). The summed E-state index contributed by atoms with van der Waals surface area (Å²) in [6, 6.07) is 4.41. The SMILES string of the molecule is Cn1cc(CCC(N)c2cc(F)ccc2Br)cn1. The van der Waals surface area contributed by atoms with Gasteiger partial charge in [-0.15, -0.1) is 0 Å². The maximum absolute atomic E-state index is 13.2. The van der Waals surface area contributed by atoms with Crippen molar-refractivity contribution in [1.29, 1.82) is 0 Å². The van der Waals surface area contributed by atoms with E-state index in [1.807, 2.05) is 19.4 Å². The van der Waals surface area contributed by atoms with Crippen LogP contribution in [0.25, 0.3) is 0 Å². The lowest BCUT2D eigenvalue weighted by atomic mass is 10.0. The lowest BCUT2D eigenvalue weighted by Crippen LogP contribution is -2.12. The highest BCUT2D eigenvalue weighted by molar-refractivity contribution is 9.10. The van der Waals surface area contributed by atoms with Crippen molar-refractivity contribution in [1.82, 2.24) is 9.78 Å². The van der Waals surface area contributed by atoms with E-state index in [2.05, 4.69) is 21.0 Å². The van der Waals surface area contributed by atoms with Gasteiger partial charge in [-0.05, 0) is 42.2 Å². The Hall–Kier alpha value is -1.20. The number of halogens is 2. The summed E-state index contributed by atoms with van der Waals surface area (Å²) in [5.41, 5.74) is 8.04. The Morgan fingerprint density at radius 2 is 2.28 bits per heavy atom. The topological polar surface area (TPSA) is 43.8 Å². The van der Waals surface area contributed by atoms with E-state index in [-0.39, 0.29) is 11.9 Å². The fraction of sp³-hybridized carbons (Fsp3) is 0.308. The minimum Gasteiger partial charge on any atom is -0.324 e. The molecular formula is C13H15BrFN3. The number of hydrogen-bond donors (Lipinski definition) is 1. The Morgan fingerprint density at radius 1 is 1.50 bits per heavy atom. The molecule has 0 aliphatic carbocycles. The zero-order valence-electron chi connectivity index (χ0n) is 10.1. The van der Waals surface area contributed by atoms with Gasteiger partial charge < -0.3 is 5.73 Å². The Kier molecular flexibility index (Phi) is 4.14. The van der Waals surface area contributed by atoms with Gasteiger partial charge in [-0.25, -0.2) is 4.39 Å². The normalized spacial score (nSPS) is 12.7. The van der Waals surface area contributed by atoms with Crippen LogP contribution in [0.15, 0.2) is 35.1 Å². The quantitative estimate of drug-likeness (QED) is 0.943. The zero-order valence-corrected chi connectivity index (χ0v) is 11.7. The van der Waals surface area contributed by atoms with Crippen molar-refractivity contribution in [3.05, 3.63) is 52.0 Å². The third-order valence-electron chi connectivity index (χ3n) is 2.86. The van der Waals surface area contributed by atoms with E-state index in [0.717, 1.165) is 28.4 Å². The van der Waals surface area contributed by atoms with Crippen LogP contribution in [0.5, 0.6) is 0 Å². The minimum absolute atomic E-state index is 0.185. The molecule has 0 aliphatic heterocycles. The van der Waals surface area contributed by atoms with E-state index in [1.54, 1.807) is 10.7 Å². The van der Waals surface area contributed by atoms with Gasteiger partial charge in [0.05, 0.1) is 6.20 Å². The van der Waals surface area contributed by atoms with Gasteiger partial charge in [-0.1, -0.05) is 15.9 Å². The van der Waals surface area contributed by atoms with Gasteiger partial charge in [0.15, 0.2) is 0 Å². The van der Waals surface area contributed by atoms with E-state index in [9.17, 15) is 4.39 Å². The molecule has 96 valence electrons. The van der Waals surface area contributed by atoms with Crippen molar-refractivity contribution in [2.45, 2.75) is 18.9 Å². The maximum Gasteiger partial charge on any atom is 0.123 e. The first kappa shape index (κ1) is 13.2. The monoisotopic (exact) mass is 311 g/mol. The van der Waals surface area contributed by atoms with E-state index in [0.29, 0.717) is 0 Å². The fourth-order valence-corrected chi connectivity index (χ4v) is 2.42. The molecule has 0 radical (unpaired) electrons. The second kappa shape index (κ2) is 5.63. The van der Waals surface area contributed by atoms with Gasteiger partial charge in [0.2, 0.25) is 0 Å². The third kappa shape index (κ3) is 3.17. The Morgan fingerprint density at radius 3 is 2.94 bits per heavy atom. The smallest absolute Gasteiger partial charge is 0.123 e. The molecule has 0 aliphatic rings. The van der Waals surface area contributed by atoms with Crippen molar-refractivity contribution >= 4 is 15.9 Å². The summed E-state index contributed by atoms with van der Waals surface area (Å²) in [5.74, 6) is -0.259. The predicted molar refractivity (Wildman–Crippen MR) is 72.6 cm³/mol. The van der Waals surface area contributed by atoms with Crippen LogP contribution in [0.4, 0.5) is 4.39 Å². The Labute approximate surface area is 114 Å². The number of nitrogens with two attached hydrogens (primary N) is 1. The van der Waals surface area contributed by atoms with Crippen LogP contribution >= 0.6 is 15.9 Å². The zero-order chi connectivity index (χ0) is 13.1. The van der Waals surface area contributed by atoms with Crippen molar-refractivity contribution in [2.24, 2.45) is 12.8 Å². The average Bonchev–Trinajstić information content (AvgIpc) is 2.75. The molecule has 1 heterocycles. The molecule has 0 spiro atoms. The summed E-state index contributed by atoms with van der Waals surface area (Å²) in [5, 5.41) is 4.11. The molecule has 1 aromatic carbocycles. The number of hydrogen-bond acceptors (Lipinski definition) is 2. The van der Waals surface area contributed by atoms with Crippen LogP contribution in [0.2, 0.25) is 0 Å². The number of nitrogens with zero attached hydrogens (tertiary/aromatic N) is 2. The number of benzene rings is 1. The van der Waals surface area contributed by atoms with E-state index >= 15 is 0 Å². The maximum atomic E-state index is 13.2. The van der Waals surface area contributed by atoms with Crippen molar-refractivity contribution in [3.8, 4) is 0 Å². The molecule has 5 heteroatoms. The summed E-state index contributed by atoms with van der Waals surface area (Å²) in [6.45, 7) is 0. The molecule has 0 saturated heterocycles. The molecular weight excluding hydrogens is 297 g/mol. The third-order valence-corrected chi connectivity index (χ3v) is 3.58. The Bertz CT molecular complexity index is 539. The second-order valence-electron chi connectivity index (χ2n) is 4.33. The molecule has 2 aromatic rings. The fourth-order valence-electron chi connectivity index (χ4n) is 1.88. The summed E-state index contributed by atoms with van der Waals surface area (Å²) < 4.78 is 15.8. The van der Waals surface area contributed by atoms with Crippen LogP contribution in [0.1, 0.15) is 23.6 Å². The van der Waals surface area contributed by atoms with Gasteiger partial charge in [0, 0.05) is 23.8 Å². The highest BCUT2D eigenvalue weighted by Crippen LogP contribution is 2.25. The summed E-state index contributed by atoms with van der Waals surface area (Å²) >= 11 is 3.40. The highest BCUT2D eigenvalue weighted by Gasteiger charge is 2.11. The van der Waals surface area contributed by atoms with Crippen molar-refractivity contribution in [2.75, 3.05) is 0 Å². The lowest BCUT2D eigenvalue weighted by Gasteiger charge is -2.13. The molecule has 1 unspecified atom stereocenters. The first-order chi connectivity index (χ1) is 8.56. The van der Waals surface area contributed by atoms with Crippen LogP contribution < -0.4 is 5.73 Å². The van der Waals surface area contributed by atoms with Gasteiger partial charge >= 0.3 is 0 Å². The van der Waals surface area contributed by atoms with E-state index in [4.69, 9.17) is 5.73 Å². The molecule has 2 N–H and O–H groups in total. The first-order valence-electron chi connectivity index (χ1n) is 5.74. The molecule has 0 amide bonds. The highest BCUT2D eigenvalue weighted by atomic mass is 79.9. The number of aromatic nitrogens is 2. The van der Waals surface area contributed by atoms with Crippen LogP contribution in [-0.4, -0.2) is 9.78 Å². The van der Waals surface area contributed by atoms with Crippen LogP contribution in [0.3, 0.4) is 0 Å². The summed E-state index contributed by atoms with van der Waals surface area (Å²) in [4.78, 5) is 0. The second-order valence-corrected chi connectivity index (χ2v) is 5.19. The van der Waals surface area contributed by atoms with Crippen LogP contribution in [-0.2, 0) is 13.5 Å². The number of aryl methyl sites for hydroxylation is 2. The summed E-state index contributed by atoms with van der Waals surface area (Å²) in [6.07, 6.45) is 5.38. The standard InChI is InChI=1S/C13H15BrFN3/c1-18-8-9(7-17-18)2-5-13(16)11-6-10(15)3-4-12(11)14/h3-4,6-8,13H,2,5,16H2,1H3. The predicted octanol–water partition coefficient (Wildman–Crippen LogP) is 2.95. The van der Waals surface area contributed by atoms with Gasteiger partial charge in [-0.2, -0.15) is 5.10 Å². The average molecular weight is 312 g/mol. The van der Waals surface area contributed by atoms with Gasteiger partial charge in [0.25, 0.3) is 0 Å². The van der Waals surface area contributed by atoms with Crippen molar-refractivity contribution in [3.63, 3.8) is 0 Å². The van der Waals surface area contributed by atoms with E-state index < -0.39 is 0 Å². The van der Waals surface area contributed by atoms with Crippen molar-refractivity contribution < 1.29 is 4.39 Å².